The lowest BCUT2D eigenvalue weighted by Crippen LogP contribution is -1.96. The molecule has 2 aromatic heterocycles. The molecule has 0 fully saturated rings. The van der Waals surface area contributed by atoms with Crippen LogP contribution in [-0.2, 0) is 0 Å². The van der Waals surface area contributed by atoms with Crippen molar-refractivity contribution in [3.8, 4) is 11.5 Å². The summed E-state index contributed by atoms with van der Waals surface area (Å²) < 4.78 is 13.1. The van der Waals surface area contributed by atoms with Crippen molar-refractivity contribution in [2.45, 2.75) is 6.92 Å². The third-order valence-electron chi connectivity index (χ3n) is 4.08. The molecule has 102 valence electrons. The van der Waals surface area contributed by atoms with E-state index in [0.717, 1.165) is 33.7 Å². The molecule has 4 heteroatoms. The van der Waals surface area contributed by atoms with Crippen LogP contribution in [0, 0.1) is 6.92 Å². The number of nitrogens with zero attached hydrogens (tertiary/aromatic N) is 2. The van der Waals surface area contributed by atoms with Crippen molar-refractivity contribution in [1.29, 1.82) is 0 Å². The van der Waals surface area contributed by atoms with Crippen LogP contribution in [0.4, 0.5) is 0 Å². The third kappa shape index (κ3) is 1.36. The summed E-state index contributed by atoms with van der Waals surface area (Å²) >= 11 is 0. The van der Waals surface area contributed by atoms with Gasteiger partial charge >= 0.3 is 0 Å². The summed E-state index contributed by atoms with van der Waals surface area (Å²) in [4.78, 5) is 4.73. The molecule has 0 amide bonds. The Morgan fingerprint density at radius 3 is 2.71 bits per heavy atom. The van der Waals surface area contributed by atoms with Crippen molar-refractivity contribution < 1.29 is 9.47 Å². The number of aryl methyl sites for hydroxylation is 1. The molecule has 0 saturated heterocycles. The second-order valence-corrected chi connectivity index (χ2v) is 5.31. The van der Waals surface area contributed by atoms with E-state index >= 15 is 0 Å². The van der Waals surface area contributed by atoms with E-state index in [1.165, 1.54) is 10.9 Å². The maximum absolute atomic E-state index is 5.50. The van der Waals surface area contributed by atoms with Crippen molar-refractivity contribution in [2.24, 2.45) is 0 Å². The minimum atomic E-state index is 0.282. The van der Waals surface area contributed by atoms with E-state index in [4.69, 9.17) is 14.5 Å². The maximum atomic E-state index is 5.50. The lowest BCUT2D eigenvalue weighted by atomic mass is 10.2. The van der Waals surface area contributed by atoms with Gasteiger partial charge in [-0.2, -0.15) is 0 Å². The zero-order chi connectivity index (χ0) is 14.0. The van der Waals surface area contributed by atoms with E-state index in [1.54, 1.807) is 0 Å². The number of benzene rings is 2. The second-order valence-electron chi connectivity index (χ2n) is 5.31. The fourth-order valence-electron chi connectivity index (χ4n) is 3.15. The molecule has 0 radical (unpaired) electrons. The number of rotatable bonds is 0. The van der Waals surface area contributed by atoms with Crippen LogP contribution in [0.25, 0.3) is 27.3 Å². The highest BCUT2D eigenvalue weighted by molar-refractivity contribution is 6.02. The molecule has 21 heavy (non-hydrogen) atoms. The summed E-state index contributed by atoms with van der Waals surface area (Å²) in [6.07, 6.45) is 0. The van der Waals surface area contributed by atoms with Gasteiger partial charge in [-0.15, -0.1) is 0 Å². The first-order valence-electron chi connectivity index (χ1n) is 6.91. The minimum absolute atomic E-state index is 0.282. The molecule has 0 unspecified atom stereocenters. The smallest absolute Gasteiger partial charge is 0.231 e. The minimum Gasteiger partial charge on any atom is -0.454 e. The number of para-hydroxylation sites is 1. The summed E-state index contributed by atoms with van der Waals surface area (Å²) in [6, 6.07) is 14.5. The van der Waals surface area contributed by atoms with Crippen LogP contribution >= 0.6 is 0 Å². The van der Waals surface area contributed by atoms with Crippen molar-refractivity contribution in [3.63, 3.8) is 0 Å². The van der Waals surface area contributed by atoms with Gasteiger partial charge in [-0.3, -0.25) is 4.40 Å². The van der Waals surface area contributed by atoms with Crippen LogP contribution in [0.15, 0.2) is 42.5 Å². The number of hydrogen-bond acceptors (Lipinski definition) is 3. The SMILES string of the molecule is Cc1nc2cc3c(cc2c2cc4ccccc4n12)OCO3. The van der Waals surface area contributed by atoms with Gasteiger partial charge in [-0.05, 0) is 25.1 Å². The topological polar surface area (TPSA) is 35.8 Å². The highest BCUT2D eigenvalue weighted by Gasteiger charge is 2.17. The average molecular weight is 276 g/mol. The van der Waals surface area contributed by atoms with Gasteiger partial charge in [0.25, 0.3) is 0 Å². The molecule has 3 heterocycles. The van der Waals surface area contributed by atoms with Gasteiger partial charge in [0.1, 0.15) is 5.82 Å². The Kier molecular flexibility index (Phi) is 1.91. The molecule has 0 spiro atoms. The molecule has 0 saturated carbocycles. The standard InChI is InChI=1S/C17H12N2O2/c1-10-18-13-8-17-16(20-9-21-17)7-12(13)15-6-11-4-2-3-5-14(11)19(10)15/h2-8H,9H2,1H3. The average Bonchev–Trinajstić information content (AvgIpc) is 3.09. The zero-order valence-corrected chi connectivity index (χ0v) is 11.5. The molecule has 4 nitrogen and oxygen atoms in total. The molecule has 2 aromatic carbocycles. The largest absolute Gasteiger partial charge is 0.454 e. The summed E-state index contributed by atoms with van der Waals surface area (Å²) in [6.45, 7) is 2.31. The molecule has 0 N–H and O–H groups in total. The third-order valence-corrected chi connectivity index (χ3v) is 4.08. The normalized spacial score (nSPS) is 13.6. The van der Waals surface area contributed by atoms with Gasteiger partial charge in [-0.1, -0.05) is 18.2 Å². The number of fused-ring (bicyclic) bond motifs is 6. The Balaban J connectivity index is 2.03. The van der Waals surface area contributed by atoms with Crippen LogP contribution in [0.2, 0.25) is 0 Å². The van der Waals surface area contributed by atoms with Crippen molar-refractivity contribution in [2.75, 3.05) is 6.79 Å². The summed E-state index contributed by atoms with van der Waals surface area (Å²) in [5.41, 5.74) is 3.26. The Labute approximate surface area is 120 Å². The van der Waals surface area contributed by atoms with Crippen molar-refractivity contribution in [3.05, 3.63) is 48.3 Å². The van der Waals surface area contributed by atoms with Crippen LogP contribution in [-0.4, -0.2) is 16.2 Å². The van der Waals surface area contributed by atoms with Gasteiger partial charge in [0, 0.05) is 16.8 Å². The molecule has 5 rings (SSSR count). The summed E-state index contributed by atoms with van der Waals surface area (Å²) in [7, 11) is 0. The van der Waals surface area contributed by atoms with E-state index in [1.807, 2.05) is 19.1 Å². The van der Waals surface area contributed by atoms with Crippen molar-refractivity contribution in [1.82, 2.24) is 9.38 Å². The summed E-state index contributed by atoms with van der Waals surface area (Å²) in [5, 5.41) is 2.30. The lowest BCUT2D eigenvalue weighted by Gasteiger charge is -2.07. The van der Waals surface area contributed by atoms with Gasteiger partial charge in [-0.25, -0.2) is 4.98 Å². The molecule has 0 bridgehead atoms. The Morgan fingerprint density at radius 1 is 1.00 bits per heavy atom. The zero-order valence-electron chi connectivity index (χ0n) is 11.5. The highest BCUT2D eigenvalue weighted by atomic mass is 16.7. The molecular formula is C17H12N2O2. The van der Waals surface area contributed by atoms with E-state index in [2.05, 4.69) is 34.7 Å². The Bertz CT molecular complexity index is 1030. The molecule has 4 aromatic rings. The van der Waals surface area contributed by atoms with Crippen LogP contribution in [0.5, 0.6) is 11.5 Å². The van der Waals surface area contributed by atoms with E-state index in [9.17, 15) is 0 Å². The Morgan fingerprint density at radius 2 is 1.81 bits per heavy atom. The first-order chi connectivity index (χ1) is 10.3. The first kappa shape index (κ1) is 11.0. The highest BCUT2D eigenvalue weighted by Crippen LogP contribution is 2.38. The van der Waals surface area contributed by atoms with Gasteiger partial charge in [0.15, 0.2) is 11.5 Å². The maximum Gasteiger partial charge on any atom is 0.231 e. The van der Waals surface area contributed by atoms with E-state index in [0.29, 0.717) is 0 Å². The van der Waals surface area contributed by atoms with Crippen LogP contribution < -0.4 is 9.47 Å². The van der Waals surface area contributed by atoms with E-state index < -0.39 is 0 Å². The molecule has 1 aliphatic rings. The van der Waals surface area contributed by atoms with Gasteiger partial charge in [0.2, 0.25) is 6.79 Å². The predicted octanol–water partition coefficient (Wildman–Crippen LogP) is 3.68. The van der Waals surface area contributed by atoms with Crippen LogP contribution in [0.1, 0.15) is 5.82 Å². The second kappa shape index (κ2) is 3.67. The lowest BCUT2D eigenvalue weighted by molar-refractivity contribution is 0.174. The number of hydrogen-bond donors (Lipinski definition) is 0. The molecule has 0 aliphatic carbocycles. The fourth-order valence-corrected chi connectivity index (χ4v) is 3.15. The number of ether oxygens (including phenoxy) is 2. The molecule has 1 aliphatic heterocycles. The fraction of sp³-hybridized carbons (Fsp3) is 0.118. The molecule has 0 atom stereocenters. The molecular weight excluding hydrogens is 264 g/mol. The van der Waals surface area contributed by atoms with Gasteiger partial charge in [0.05, 0.1) is 16.6 Å². The Hall–Kier alpha value is -2.75. The van der Waals surface area contributed by atoms with Crippen LogP contribution in [0.3, 0.4) is 0 Å². The van der Waals surface area contributed by atoms with E-state index in [-0.39, 0.29) is 6.79 Å². The van der Waals surface area contributed by atoms with Crippen molar-refractivity contribution >= 4 is 27.3 Å². The monoisotopic (exact) mass is 276 g/mol. The first-order valence-corrected chi connectivity index (χ1v) is 6.91. The quantitative estimate of drug-likeness (QED) is 0.491. The summed E-state index contributed by atoms with van der Waals surface area (Å²) in [5.74, 6) is 2.53. The predicted molar refractivity (Wildman–Crippen MR) is 81.1 cm³/mol. The number of aromatic nitrogens is 2. The van der Waals surface area contributed by atoms with Gasteiger partial charge < -0.3 is 9.47 Å².